The van der Waals surface area contributed by atoms with Gasteiger partial charge in [0.05, 0.1) is 10.5 Å². The Balaban J connectivity index is 1.41. The van der Waals surface area contributed by atoms with E-state index in [-0.39, 0.29) is 22.9 Å². The minimum atomic E-state index is -0.688. The zero-order chi connectivity index (χ0) is 34.0. The third-order valence-electron chi connectivity index (χ3n) is 7.14. The molecular weight excluding hydrogens is 625 g/mol. The molecule has 3 amide bonds. The van der Waals surface area contributed by atoms with Crippen molar-refractivity contribution in [2.24, 2.45) is 0 Å². The minimum Gasteiger partial charge on any atom is -0.325 e. The number of benzene rings is 5. The van der Waals surface area contributed by atoms with Gasteiger partial charge in [-0.25, -0.2) is 0 Å². The van der Waals surface area contributed by atoms with Crippen LogP contribution in [0.15, 0.2) is 138 Å². The Morgan fingerprint density at radius 1 is 0.729 bits per heavy atom. The van der Waals surface area contributed by atoms with Crippen molar-refractivity contribution in [3.05, 3.63) is 171 Å². The molecule has 0 aliphatic heterocycles. The fourth-order valence-corrected chi connectivity index (χ4v) is 6.09. The van der Waals surface area contributed by atoms with Gasteiger partial charge in [-0.3, -0.25) is 24.5 Å². The fraction of sp³-hybridized carbons (Fsp3) is 0.0789. The van der Waals surface area contributed by atoms with Crippen molar-refractivity contribution < 1.29 is 19.3 Å². The van der Waals surface area contributed by atoms with E-state index in [9.17, 15) is 24.5 Å². The maximum atomic E-state index is 13.7. The number of carbonyl (C=O) groups excluding carboxylic acids is 3. The molecule has 1 unspecified atom stereocenters. The lowest BCUT2D eigenvalue weighted by Crippen LogP contribution is -2.30. The van der Waals surface area contributed by atoms with E-state index in [0.717, 1.165) is 16.7 Å². The Hall–Kier alpha value is -6.00. The van der Waals surface area contributed by atoms with Crippen molar-refractivity contribution in [1.29, 1.82) is 0 Å². The van der Waals surface area contributed by atoms with E-state index in [0.29, 0.717) is 21.8 Å². The quantitative estimate of drug-likeness (QED) is 0.0570. The van der Waals surface area contributed by atoms with Gasteiger partial charge in [-0.1, -0.05) is 72.8 Å². The average Bonchev–Trinajstić information content (AvgIpc) is 3.07. The molecule has 0 heterocycles. The lowest BCUT2D eigenvalue weighted by Gasteiger charge is -2.18. The Morgan fingerprint density at radius 2 is 1.38 bits per heavy atom. The summed E-state index contributed by atoms with van der Waals surface area (Å²) < 4.78 is 0. The number of anilines is 2. The maximum absolute atomic E-state index is 13.7. The number of amides is 3. The van der Waals surface area contributed by atoms with E-state index in [1.54, 1.807) is 54.6 Å². The Morgan fingerprint density at radius 3 is 2.06 bits per heavy atom. The summed E-state index contributed by atoms with van der Waals surface area (Å²) in [4.78, 5) is 52.2. The zero-order valence-electron chi connectivity index (χ0n) is 26.2. The number of hydrogen-bond acceptors (Lipinski definition) is 6. The van der Waals surface area contributed by atoms with E-state index in [1.807, 2.05) is 68.4 Å². The van der Waals surface area contributed by atoms with Crippen LogP contribution in [0.1, 0.15) is 37.9 Å². The smallest absolute Gasteiger partial charge is 0.276 e. The van der Waals surface area contributed by atoms with Crippen LogP contribution < -0.4 is 16.0 Å². The first-order chi connectivity index (χ1) is 23.2. The van der Waals surface area contributed by atoms with Gasteiger partial charge in [0.25, 0.3) is 17.5 Å². The van der Waals surface area contributed by atoms with Gasteiger partial charge >= 0.3 is 0 Å². The van der Waals surface area contributed by atoms with Crippen LogP contribution in [0.3, 0.4) is 0 Å². The third kappa shape index (κ3) is 8.83. The molecule has 9 nitrogen and oxygen atoms in total. The van der Waals surface area contributed by atoms with Gasteiger partial charge in [0.1, 0.15) is 10.9 Å². The van der Waals surface area contributed by atoms with E-state index < -0.39 is 22.0 Å². The number of nitro groups is 1. The van der Waals surface area contributed by atoms with Crippen LogP contribution in [-0.2, 0) is 9.59 Å². The molecule has 0 aromatic heterocycles. The molecule has 0 spiro atoms. The molecule has 1 atom stereocenters. The average molecular weight is 657 g/mol. The van der Waals surface area contributed by atoms with Gasteiger partial charge in [0, 0.05) is 27.9 Å². The minimum absolute atomic E-state index is 0.144. The van der Waals surface area contributed by atoms with Gasteiger partial charge in [-0.2, -0.15) is 0 Å². The number of thioether (sulfide) groups is 1. The molecule has 0 fully saturated rings. The molecule has 48 heavy (non-hydrogen) atoms. The predicted molar refractivity (Wildman–Crippen MR) is 190 cm³/mol. The molecule has 10 heteroatoms. The first-order valence-corrected chi connectivity index (χ1v) is 15.9. The molecule has 5 rings (SSSR count). The van der Waals surface area contributed by atoms with Gasteiger partial charge < -0.3 is 16.0 Å². The summed E-state index contributed by atoms with van der Waals surface area (Å²) in [5, 5.41) is 19.5. The van der Waals surface area contributed by atoms with Crippen LogP contribution in [0, 0.1) is 24.0 Å². The normalized spacial score (nSPS) is 11.7. The number of nitro benzene ring substituents is 1. The van der Waals surface area contributed by atoms with Crippen LogP contribution >= 0.6 is 11.8 Å². The summed E-state index contributed by atoms with van der Waals surface area (Å²) in [6.07, 6.45) is 1.27. The highest BCUT2D eigenvalue weighted by Gasteiger charge is 2.23. The summed E-state index contributed by atoms with van der Waals surface area (Å²) in [5.74, 6) is -1.45. The largest absolute Gasteiger partial charge is 0.325 e. The molecule has 0 saturated carbocycles. The topological polar surface area (TPSA) is 130 Å². The lowest BCUT2D eigenvalue weighted by molar-refractivity contribution is -0.385. The Bertz CT molecular complexity index is 1980. The summed E-state index contributed by atoms with van der Waals surface area (Å²) in [5.41, 5.74) is 4.02. The molecule has 0 saturated heterocycles. The van der Waals surface area contributed by atoms with Crippen LogP contribution in [-0.4, -0.2) is 22.6 Å². The van der Waals surface area contributed by atoms with E-state index in [4.69, 9.17) is 0 Å². The SMILES string of the molecule is Cc1cc(C)cc(NC(=O)C(Sc2cccc(NC(=O)/C(=C\c3ccccc3[N+](=O)[O-])NC(=O)c3ccccc3)c2)c2ccccc2)c1. The molecule has 5 aromatic carbocycles. The van der Waals surface area contributed by atoms with E-state index in [2.05, 4.69) is 16.0 Å². The summed E-state index contributed by atoms with van der Waals surface area (Å²) in [7, 11) is 0. The number of rotatable bonds is 11. The van der Waals surface area contributed by atoms with Gasteiger partial charge in [-0.05, 0) is 85.1 Å². The van der Waals surface area contributed by atoms with Crippen LogP contribution in [0.5, 0.6) is 0 Å². The first-order valence-electron chi connectivity index (χ1n) is 15.0. The Kier molecular flexibility index (Phi) is 10.8. The fourth-order valence-electron chi connectivity index (χ4n) is 5.01. The zero-order valence-corrected chi connectivity index (χ0v) is 27.0. The second kappa shape index (κ2) is 15.5. The van der Waals surface area contributed by atoms with E-state index in [1.165, 1.54) is 36.0 Å². The first kappa shape index (κ1) is 33.4. The molecular formula is C38H32N4O5S. The number of hydrogen-bond donors (Lipinski definition) is 3. The standard InChI is InChI=1S/C38H32N4O5S/c1-25-20-26(2)22-31(21-25)40-38(45)35(27-12-5-3-6-13-27)48-32-18-11-17-30(24-32)39-37(44)33(41-36(43)28-14-7-4-8-15-28)23-29-16-9-10-19-34(29)42(46)47/h3-24,35H,1-2H3,(H,39,44)(H,40,45)(H,41,43)/b33-23+. The van der Waals surface area contributed by atoms with Gasteiger partial charge in [-0.15, -0.1) is 11.8 Å². The maximum Gasteiger partial charge on any atom is 0.276 e. The molecule has 0 aliphatic rings. The van der Waals surface area contributed by atoms with Crippen molar-refractivity contribution in [1.82, 2.24) is 5.32 Å². The molecule has 240 valence electrons. The Labute approximate surface area is 282 Å². The summed E-state index contributed by atoms with van der Waals surface area (Å²) in [6.45, 7) is 3.95. The van der Waals surface area contributed by atoms with Crippen molar-refractivity contribution in [3.8, 4) is 0 Å². The van der Waals surface area contributed by atoms with Gasteiger partial charge in [0.2, 0.25) is 5.91 Å². The number of aryl methyl sites for hydroxylation is 2. The summed E-state index contributed by atoms with van der Waals surface area (Å²) in [6, 6.07) is 36.5. The van der Waals surface area contributed by atoms with E-state index >= 15 is 0 Å². The number of nitrogens with zero attached hydrogens (tertiary/aromatic N) is 1. The summed E-state index contributed by atoms with van der Waals surface area (Å²) >= 11 is 1.32. The van der Waals surface area contributed by atoms with Crippen LogP contribution in [0.2, 0.25) is 0 Å². The molecule has 0 bridgehead atoms. The van der Waals surface area contributed by atoms with Crippen LogP contribution in [0.4, 0.5) is 17.1 Å². The third-order valence-corrected chi connectivity index (χ3v) is 8.39. The highest BCUT2D eigenvalue weighted by Crippen LogP contribution is 2.37. The monoisotopic (exact) mass is 656 g/mol. The lowest BCUT2D eigenvalue weighted by atomic mass is 10.1. The molecule has 0 aliphatic carbocycles. The second-order valence-electron chi connectivity index (χ2n) is 11.0. The van der Waals surface area contributed by atoms with Crippen molar-refractivity contribution in [2.45, 2.75) is 24.0 Å². The highest BCUT2D eigenvalue weighted by atomic mass is 32.2. The number of para-hydroxylation sites is 1. The second-order valence-corrected chi connectivity index (χ2v) is 12.1. The molecule has 5 aromatic rings. The number of nitrogens with one attached hydrogen (secondary N) is 3. The number of carbonyl (C=O) groups is 3. The van der Waals surface area contributed by atoms with Crippen molar-refractivity contribution >= 4 is 52.6 Å². The highest BCUT2D eigenvalue weighted by molar-refractivity contribution is 8.00. The van der Waals surface area contributed by atoms with Gasteiger partial charge in [0.15, 0.2) is 0 Å². The van der Waals surface area contributed by atoms with Crippen molar-refractivity contribution in [2.75, 3.05) is 10.6 Å². The van der Waals surface area contributed by atoms with Crippen LogP contribution in [0.25, 0.3) is 6.08 Å². The molecule has 0 radical (unpaired) electrons. The molecule has 3 N–H and O–H groups in total. The predicted octanol–water partition coefficient (Wildman–Crippen LogP) is 8.09. The van der Waals surface area contributed by atoms with Crippen molar-refractivity contribution in [3.63, 3.8) is 0 Å².